The number of carbonyl (C=O) groups excluding carboxylic acids is 1. The van der Waals surface area contributed by atoms with E-state index in [4.69, 9.17) is 9.05 Å². The Hall–Kier alpha value is -0.920. The second-order valence-corrected chi connectivity index (χ2v) is 18.0. The fourth-order valence-corrected chi connectivity index (χ4v) is 8.46. The predicted molar refractivity (Wildman–Crippen MR) is 228 cm³/mol. The minimum atomic E-state index is -5.07. The van der Waals surface area contributed by atoms with Crippen molar-refractivity contribution in [1.29, 1.82) is 0 Å². The molecule has 13 heteroatoms. The largest absolute Gasteiger partial charge is 0.472 e. The molecule has 1 rings (SSSR count). The smallest absolute Gasteiger partial charge is 0.387 e. The van der Waals surface area contributed by atoms with E-state index in [0.717, 1.165) is 44.9 Å². The summed E-state index contributed by atoms with van der Waals surface area (Å²) in [4.78, 5) is 23.3. The monoisotopic (exact) mass is 836 g/mol. The zero-order chi connectivity index (χ0) is 42.2. The van der Waals surface area contributed by atoms with E-state index in [0.29, 0.717) is 6.42 Å². The summed E-state index contributed by atoms with van der Waals surface area (Å²) in [7, 11) is -5.07. The third-order valence-electron chi connectivity index (χ3n) is 11.3. The number of aliphatic hydroxyl groups excluding tert-OH is 6. The van der Waals surface area contributed by atoms with Crippen LogP contribution in [0.3, 0.4) is 0 Å². The lowest BCUT2D eigenvalue weighted by Crippen LogP contribution is -2.64. The maximum absolute atomic E-state index is 12.9. The van der Waals surface area contributed by atoms with E-state index >= 15 is 0 Å². The van der Waals surface area contributed by atoms with E-state index in [1.807, 2.05) is 6.08 Å². The van der Waals surface area contributed by atoms with Gasteiger partial charge in [0.05, 0.1) is 18.8 Å². The van der Waals surface area contributed by atoms with Crippen LogP contribution in [0.4, 0.5) is 0 Å². The Morgan fingerprint density at radius 3 is 1.33 bits per heavy atom. The summed E-state index contributed by atoms with van der Waals surface area (Å²) < 4.78 is 22.9. The molecule has 1 fully saturated rings. The summed E-state index contributed by atoms with van der Waals surface area (Å²) in [5, 5.41) is 63.9. The number of nitrogens with one attached hydrogen (secondary N) is 1. The predicted octanol–water partition coefficient (Wildman–Crippen LogP) is 8.45. The lowest BCUT2D eigenvalue weighted by Gasteiger charge is -2.41. The van der Waals surface area contributed by atoms with Crippen molar-refractivity contribution in [2.24, 2.45) is 0 Å². The summed E-state index contributed by atoms with van der Waals surface area (Å²) in [6.07, 6.45) is 25.8. The molecule has 0 saturated heterocycles. The maximum atomic E-state index is 12.9. The Bertz CT molecular complexity index is 1020. The van der Waals surface area contributed by atoms with Gasteiger partial charge in [-0.25, -0.2) is 4.57 Å². The first-order valence-electron chi connectivity index (χ1n) is 23.1. The Kier molecular flexibility index (Phi) is 33.0. The third-order valence-corrected chi connectivity index (χ3v) is 12.3. The van der Waals surface area contributed by atoms with Crippen molar-refractivity contribution in [2.45, 2.75) is 255 Å². The Labute approximate surface area is 346 Å². The van der Waals surface area contributed by atoms with Gasteiger partial charge in [-0.2, -0.15) is 0 Å². The zero-order valence-electron chi connectivity index (χ0n) is 35.9. The Balaban J connectivity index is 2.44. The molecule has 8 N–H and O–H groups in total. The van der Waals surface area contributed by atoms with Crippen LogP contribution < -0.4 is 5.32 Å². The van der Waals surface area contributed by atoms with Crippen molar-refractivity contribution >= 4 is 13.7 Å². The van der Waals surface area contributed by atoms with Gasteiger partial charge in [0.15, 0.2) is 0 Å². The Morgan fingerprint density at radius 2 is 0.930 bits per heavy atom. The zero-order valence-corrected chi connectivity index (χ0v) is 36.8. The lowest BCUT2D eigenvalue weighted by molar-refractivity contribution is -0.220. The first-order valence-corrected chi connectivity index (χ1v) is 24.6. The summed E-state index contributed by atoms with van der Waals surface area (Å²) in [6.45, 7) is 3.83. The first-order chi connectivity index (χ1) is 27.4. The second kappa shape index (κ2) is 34.8. The van der Waals surface area contributed by atoms with Gasteiger partial charge in [0.25, 0.3) is 0 Å². The molecule has 0 radical (unpaired) electrons. The highest BCUT2D eigenvalue weighted by Crippen LogP contribution is 2.47. The molecule has 0 aliphatic heterocycles. The molecule has 0 spiro atoms. The lowest BCUT2D eigenvalue weighted by atomic mass is 9.85. The normalized spacial score (nSPS) is 23.5. The van der Waals surface area contributed by atoms with E-state index in [-0.39, 0.29) is 12.3 Å². The van der Waals surface area contributed by atoms with Crippen molar-refractivity contribution in [3.05, 3.63) is 12.2 Å². The molecule has 0 aromatic carbocycles. The molecule has 7 atom stereocenters. The van der Waals surface area contributed by atoms with Crippen molar-refractivity contribution < 1.29 is 53.9 Å². The van der Waals surface area contributed by atoms with Crippen molar-refractivity contribution in [3.8, 4) is 0 Å². The van der Waals surface area contributed by atoms with Crippen LogP contribution >= 0.6 is 7.82 Å². The van der Waals surface area contributed by atoms with Gasteiger partial charge in [-0.05, 0) is 19.3 Å². The van der Waals surface area contributed by atoms with Crippen molar-refractivity contribution in [2.75, 3.05) is 6.61 Å². The minimum absolute atomic E-state index is 0.218. The molecule has 0 aromatic rings. The number of unbranched alkanes of at least 4 members (excludes halogenated alkanes) is 27. The molecule has 7 unspecified atom stereocenters. The van der Waals surface area contributed by atoms with Gasteiger partial charge in [0.1, 0.15) is 36.6 Å². The average molecular weight is 836 g/mol. The highest BCUT2D eigenvalue weighted by molar-refractivity contribution is 7.47. The van der Waals surface area contributed by atoms with Crippen LogP contribution in [0.15, 0.2) is 12.2 Å². The number of phosphoric acid groups is 1. The molecule has 0 bridgehead atoms. The average Bonchev–Trinajstić information content (AvgIpc) is 3.19. The number of allylic oxidation sites excluding steroid dienone is 1. The topological polar surface area (TPSA) is 206 Å². The summed E-state index contributed by atoms with van der Waals surface area (Å²) in [6, 6.07) is -1.11. The van der Waals surface area contributed by atoms with E-state index in [9.17, 15) is 44.9 Å². The number of hydrogen-bond acceptors (Lipinski definition) is 10. The third kappa shape index (κ3) is 26.8. The number of rotatable bonds is 38. The minimum Gasteiger partial charge on any atom is -0.387 e. The van der Waals surface area contributed by atoms with Crippen LogP contribution in [0.1, 0.15) is 206 Å². The number of phosphoric ester groups is 1. The van der Waals surface area contributed by atoms with Gasteiger partial charge < -0.3 is 40.8 Å². The fourth-order valence-electron chi connectivity index (χ4n) is 7.49. The van der Waals surface area contributed by atoms with Gasteiger partial charge in [-0.15, -0.1) is 0 Å². The Morgan fingerprint density at radius 1 is 0.579 bits per heavy atom. The van der Waals surface area contributed by atoms with Crippen LogP contribution in [0.2, 0.25) is 0 Å². The van der Waals surface area contributed by atoms with Gasteiger partial charge in [0, 0.05) is 6.42 Å². The van der Waals surface area contributed by atoms with Gasteiger partial charge in [0.2, 0.25) is 5.91 Å². The van der Waals surface area contributed by atoms with Crippen LogP contribution in [0.5, 0.6) is 0 Å². The summed E-state index contributed by atoms with van der Waals surface area (Å²) in [5.74, 6) is -0.339. The number of carbonyl (C=O) groups is 1. The first kappa shape index (κ1) is 54.1. The molecule has 1 saturated carbocycles. The molecule has 12 nitrogen and oxygen atoms in total. The van der Waals surface area contributed by atoms with Crippen molar-refractivity contribution in [1.82, 2.24) is 5.32 Å². The molecule has 1 aliphatic rings. The van der Waals surface area contributed by atoms with Crippen LogP contribution in [0, 0.1) is 0 Å². The van der Waals surface area contributed by atoms with E-state index < -0.39 is 63.2 Å². The molecule has 338 valence electrons. The van der Waals surface area contributed by atoms with Crippen LogP contribution in [0.25, 0.3) is 0 Å². The number of amides is 1. The van der Waals surface area contributed by atoms with Crippen LogP contribution in [-0.4, -0.2) is 96.8 Å². The molecule has 57 heavy (non-hydrogen) atoms. The summed E-state index contributed by atoms with van der Waals surface area (Å²) >= 11 is 0. The summed E-state index contributed by atoms with van der Waals surface area (Å²) in [5.41, 5.74) is 0. The quantitative estimate of drug-likeness (QED) is 0.0168. The standard InChI is InChI=1S/C44H86NO11P/c1-3-5-7-9-11-13-15-16-17-18-19-20-21-22-24-26-28-30-32-34-38(47)45-36(37(46)33-31-29-27-25-23-14-12-10-8-6-4-2)35-55-57(53,54)56-44-42(51)40(49)39(48)41(50)43(44)52/h31,33,36-37,39-44,46,48-52H,3-30,32,34-35H2,1-2H3,(H,45,47)(H,53,54)/b33-31+. The maximum Gasteiger partial charge on any atom is 0.472 e. The molecule has 1 aliphatic carbocycles. The molecular formula is C44H86NO11P. The van der Waals surface area contributed by atoms with E-state index in [1.54, 1.807) is 0 Å². The second-order valence-electron chi connectivity index (χ2n) is 16.6. The molecular weight excluding hydrogens is 749 g/mol. The fraction of sp³-hybridized carbons (Fsp3) is 0.932. The van der Waals surface area contributed by atoms with Gasteiger partial charge in [-0.3, -0.25) is 13.8 Å². The number of hydrogen-bond donors (Lipinski definition) is 8. The molecule has 0 heterocycles. The van der Waals surface area contributed by atoms with E-state index in [2.05, 4.69) is 19.2 Å². The van der Waals surface area contributed by atoms with Gasteiger partial charge in [-0.1, -0.05) is 193 Å². The van der Waals surface area contributed by atoms with Crippen LogP contribution in [-0.2, 0) is 18.4 Å². The van der Waals surface area contributed by atoms with Gasteiger partial charge >= 0.3 is 7.82 Å². The SMILES string of the molecule is CCCCCCCCCCC/C=C/C(O)C(COP(=O)(O)OC1C(O)C(O)C(O)C(O)C1O)NC(=O)CCCCCCCCCCCCCCCCCCCCC. The molecule has 0 aromatic heterocycles. The van der Waals surface area contributed by atoms with E-state index in [1.165, 1.54) is 141 Å². The number of aliphatic hydroxyl groups is 6. The highest BCUT2D eigenvalue weighted by Gasteiger charge is 2.51. The highest BCUT2D eigenvalue weighted by atomic mass is 31.2. The molecule has 1 amide bonds. The van der Waals surface area contributed by atoms with Crippen molar-refractivity contribution in [3.63, 3.8) is 0 Å².